The largest absolute Gasteiger partial charge is 0.382 e. The van der Waals surface area contributed by atoms with Gasteiger partial charge in [0.15, 0.2) is 11.5 Å². The van der Waals surface area contributed by atoms with Gasteiger partial charge in [-0.2, -0.15) is 0 Å². The van der Waals surface area contributed by atoms with Crippen LogP contribution >= 0.6 is 0 Å². The van der Waals surface area contributed by atoms with Gasteiger partial charge in [0.1, 0.15) is 11.8 Å². The molecule has 2 N–H and O–H groups in total. The van der Waals surface area contributed by atoms with Gasteiger partial charge in [0.05, 0.1) is 6.33 Å². The first-order valence-corrected chi connectivity index (χ1v) is 5.26. The molecule has 5 heteroatoms. The second-order valence-corrected chi connectivity index (χ2v) is 4.12. The van der Waals surface area contributed by atoms with Gasteiger partial charge < -0.3 is 10.3 Å². The molecular formula is C10H13N5. The summed E-state index contributed by atoms with van der Waals surface area (Å²) < 4.78 is 2.08. The number of rotatable bonds is 2. The van der Waals surface area contributed by atoms with E-state index in [0.29, 0.717) is 5.82 Å². The Morgan fingerprint density at radius 2 is 2.20 bits per heavy atom. The van der Waals surface area contributed by atoms with Crippen molar-refractivity contribution in [2.24, 2.45) is 5.92 Å². The normalized spacial score (nSPS) is 16.8. The van der Waals surface area contributed by atoms with E-state index in [4.69, 9.17) is 5.73 Å². The third kappa shape index (κ3) is 1.35. The van der Waals surface area contributed by atoms with E-state index < -0.39 is 0 Å². The van der Waals surface area contributed by atoms with Crippen LogP contribution in [0.3, 0.4) is 0 Å². The van der Waals surface area contributed by atoms with Crippen LogP contribution in [0.1, 0.15) is 19.3 Å². The minimum atomic E-state index is 0.465. The van der Waals surface area contributed by atoms with E-state index in [0.717, 1.165) is 23.6 Å². The summed E-state index contributed by atoms with van der Waals surface area (Å²) in [5.41, 5.74) is 7.30. The molecule has 1 aliphatic carbocycles. The zero-order valence-corrected chi connectivity index (χ0v) is 8.43. The van der Waals surface area contributed by atoms with Crippen molar-refractivity contribution in [2.75, 3.05) is 5.73 Å². The molecule has 0 aromatic carbocycles. The first kappa shape index (κ1) is 8.64. The van der Waals surface area contributed by atoms with Crippen molar-refractivity contribution in [1.82, 2.24) is 19.5 Å². The molecule has 0 atom stereocenters. The molecule has 2 aromatic rings. The van der Waals surface area contributed by atoms with Gasteiger partial charge in [0.2, 0.25) is 0 Å². The van der Waals surface area contributed by atoms with Crippen LogP contribution in [-0.4, -0.2) is 19.5 Å². The summed E-state index contributed by atoms with van der Waals surface area (Å²) in [4.78, 5) is 12.4. The zero-order chi connectivity index (χ0) is 10.3. The van der Waals surface area contributed by atoms with Crippen LogP contribution in [0.4, 0.5) is 5.82 Å². The fourth-order valence-corrected chi connectivity index (χ4v) is 1.99. The molecule has 15 heavy (non-hydrogen) atoms. The summed E-state index contributed by atoms with van der Waals surface area (Å²) in [5, 5.41) is 0. The number of nitrogen functional groups attached to an aromatic ring is 1. The lowest BCUT2D eigenvalue weighted by atomic mass is 9.85. The van der Waals surface area contributed by atoms with E-state index in [-0.39, 0.29) is 0 Å². The molecule has 5 nitrogen and oxygen atoms in total. The highest BCUT2D eigenvalue weighted by Gasteiger charge is 2.19. The van der Waals surface area contributed by atoms with E-state index in [1.54, 1.807) is 0 Å². The Labute approximate surface area is 87.3 Å². The smallest absolute Gasteiger partial charge is 0.165 e. The predicted octanol–water partition coefficient (Wildman–Crippen LogP) is 1.21. The van der Waals surface area contributed by atoms with Crippen molar-refractivity contribution in [3.05, 3.63) is 12.7 Å². The molecule has 1 fully saturated rings. The Hall–Kier alpha value is -1.65. The van der Waals surface area contributed by atoms with Crippen LogP contribution in [0.25, 0.3) is 11.2 Å². The maximum atomic E-state index is 5.72. The topological polar surface area (TPSA) is 69.6 Å². The lowest BCUT2D eigenvalue weighted by molar-refractivity contribution is 0.279. The SMILES string of the molecule is Nc1ncnc2c1ncn2CC1CCC1. The van der Waals surface area contributed by atoms with Crippen LogP contribution in [0.5, 0.6) is 0 Å². The summed E-state index contributed by atoms with van der Waals surface area (Å²) in [5.74, 6) is 1.26. The number of hydrogen-bond acceptors (Lipinski definition) is 4. The number of nitrogens with zero attached hydrogens (tertiary/aromatic N) is 4. The molecule has 78 valence electrons. The van der Waals surface area contributed by atoms with Crippen LogP contribution in [0.2, 0.25) is 0 Å². The third-order valence-corrected chi connectivity index (χ3v) is 3.11. The van der Waals surface area contributed by atoms with Gasteiger partial charge in [-0.25, -0.2) is 15.0 Å². The van der Waals surface area contributed by atoms with Crippen molar-refractivity contribution >= 4 is 17.0 Å². The molecule has 0 saturated heterocycles. The Morgan fingerprint density at radius 3 is 2.93 bits per heavy atom. The maximum absolute atomic E-state index is 5.72. The summed E-state index contributed by atoms with van der Waals surface area (Å²) in [6.45, 7) is 1.01. The minimum Gasteiger partial charge on any atom is -0.382 e. The first-order valence-electron chi connectivity index (χ1n) is 5.26. The Balaban J connectivity index is 2.00. The summed E-state index contributed by atoms with van der Waals surface area (Å²) in [6.07, 6.45) is 7.31. The highest BCUT2D eigenvalue weighted by Crippen LogP contribution is 2.28. The average Bonchev–Trinajstić information content (AvgIpc) is 2.56. The average molecular weight is 203 g/mol. The minimum absolute atomic E-state index is 0.465. The fraction of sp³-hybridized carbons (Fsp3) is 0.500. The summed E-state index contributed by atoms with van der Waals surface area (Å²) in [6, 6.07) is 0. The number of imidazole rings is 1. The maximum Gasteiger partial charge on any atom is 0.165 e. The van der Waals surface area contributed by atoms with Crippen LogP contribution in [0, 0.1) is 5.92 Å². The van der Waals surface area contributed by atoms with Crippen LogP contribution in [-0.2, 0) is 6.54 Å². The van der Waals surface area contributed by atoms with E-state index in [1.807, 2.05) is 6.33 Å². The number of aromatic nitrogens is 4. The molecule has 2 heterocycles. The van der Waals surface area contributed by atoms with Gasteiger partial charge in [-0.3, -0.25) is 0 Å². The highest BCUT2D eigenvalue weighted by molar-refractivity contribution is 5.81. The lowest BCUT2D eigenvalue weighted by Crippen LogP contribution is -2.17. The van der Waals surface area contributed by atoms with Crippen molar-refractivity contribution in [3.63, 3.8) is 0 Å². The summed E-state index contributed by atoms with van der Waals surface area (Å²) >= 11 is 0. The van der Waals surface area contributed by atoms with Gasteiger partial charge in [-0.05, 0) is 18.8 Å². The number of fused-ring (bicyclic) bond motifs is 1. The monoisotopic (exact) mass is 203 g/mol. The molecule has 0 spiro atoms. The molecule has 1 aliphatic rings. The molecular weight excluding hydrogens is 190 g/mol. The van der Waals surface area contributed by atoms with Crippen molar-refractivity contribution in [3.8, 4) is 0 Å². The molecule has 0 amide bonds. The number of hydrogen-bond donors (Lipinski definition) is 1. The molecule has 0 radical (unpaired) electrons. The molecule has 1 saturated carbocycles. The molecule has 0 bridgehead atoms. The van der Waals surface area contributed by atoms with Gasteiger partial charge >= 0.3 is 0 Å². The summed E-state index contributed by atoms with van der Waals surface area (Å²) in [7, 11) is 0. The van der Waals surface area contributed by atoms with E-state index >= 15 is 0 Å². The highest BCUT2D eigenvalue weighted by atomic mass is 15.1. The number of anilines is 1. The first-order chi connectivity index (χ1) is 7.34. The van der Waals surface area contributed by atoms with Crippen LogP contribution < -0.4 is 5.73 Å². The standard InChI is InChI=1S/C10H13N5/c11-9-8-10(13-5-12-9)15(6-14-8)4-7-2-1-3-7/h5-7H,1-4H2,(H2,11,12,13). The van der Waals surface area contributed by atoms with Crippen molar-refractivity contribution in [1.29, 1.82) is 0 Å². The number of nitrogens with two attached hydrogens (primary N) is 1. The van der Waals surface area contributed by atoms with Gasteiger partial charge in [0.25, 0.3) is 0 Å². The third-order valence-electron chi connectivity index (χ3n) is 3.11. The Bertz CT molecular complexity index is 486. The van der Waals surface area contributed by atoms with Gasteiger partial charge in [-0.1, -0.05) is 6.42 Å². The lowest BCUT2D eigenvalue weighted by Gasteiger charge is -2.25. The van der Waals surface area contributed by atoms with Crippen molar-refractivity contribution in [2.45, 2.75) is 25.8 Å². The van der Waals surface area contributed by atoms with Gasteiger partial charge in [-0.15, -0.1) is 0 Å². The second-order valence-electron chi connectivity index (χ2n) is 4.12. The Morgan fingerprint density at radius 1 is 1.33 bits per heavy atom. The molecule has 3 rings (SSSR count). The van der Waals surface area contributed by atoms with E-state index in [9.17, 15) is 0 Å². The molecule has 2 aromatic heterocycles. The van der Waals surface area contributed by atoms with E-state index in [2.05, 4.69) is 19.5 Å². The van der Waals surface area contributed by atoms with Gasteiger partial charge in [0, 0.05) is 6.54 Å². The second kappa shape index (κ2) is 3.18. The molecule has 0 aliphatic heterocycles. The van der Waals surface area contributed by atoms with Crippen molar-refractivity contribution < 1.29 is 0 Å². The predicted molar refractivity (Wildman–Crippen MR) is 57.1 cm³/mol. The Kier molecular flexibility index (Phi) is 1.83. The van der Waals surface area contributed by atoms with E-state index in [1.165, 1.54) is 25.6 Å². The molecule has 0 unspecified atom stereocenters. The fourth-order valence-electron chi connectivity index (χ4n) is 1.99. The quantitative estimate of drug-likeness (QED) is 0.796. The van der Waals surface area contributed by atoms with Crippen LogP contribution in [0.15, 0.2) is 12.7 Å². The zero-order valence-electron chi connectivity index (χ0n) is 8.43.